The third kappa shape index (κ3) is 2.21. The molecule has 0 atom stereocenters. The van der Waals surface area contributed by atoms with Gasteiger partial charge in [0, 0.05) is 11.3 Å². The second kappa shape index (κ2) is 5.05. The SMILES string of the molecule is COc1ccc(N)cc1-n1cc(-c2ccccc2)nn1. The van der Waals surface area contributed by atoms with Crippen molar-refractivity contribution in [1.82, 2.24) is 15.0 Å². The van der Waals surface area contributed by atoms with Crippen LogP contribution in [0.1, 0.15) is 0 Å². The topological polar surface area (TPSA) is 66.0 Å². The van der Waals surface area contributed by atoms with Crippen molar-refractivity contribution in [2.45, 2.75) is 0 Å². The van der Waals surface area contributed by atoms with Crippen molar-refractivity contribution in [3.8, 4) is 22.7 Å². The van der Waals surface area contributed by atoms with Gasteiger partial charge in [-0.1, -0.05) is 35.5 Å². The molecule has 0 radical (unpaired) electrons. The molecule has 0 amide bonds. The van der Waals surface area contributed by atoms with Gasteiger partial charge in [-0.25, -0.2) is 4.68 Å². The third-order valence-corrected chi connectivity index (χ3v) is 3.01. The van der Waals surface area contributed by atoms with E-state index < -0.39 is 0 Å². The first-order chi connectivity index (χ1) is 9.78. The largest absolute Gasteiger partial charge is 0.494 e. The monoisotopic (exact) mass is 266 g/mol. The highest BCUT2D eigenvalue weighted by Crippen LogP contribution is 2.26. The van der Waals surface area contributed by atoms with Crippen LogP contribution >= 0.6 is 0 Å². The maximum atomic E-state index is 5.82. The van der Waals surface area contributed by atoms with Gasteiger partial charge in [-0.15, -0.1) is 5.10 Å². The molecule has 0 spiro atoms. The molecule has 1 heterocycles. The molecule has 3 aromatic rings. The molecule has 2 aromatic carbocycles. The predicted molar refractivity (Wildman–Crippen MR) is 77.8 cm³/mol. The number of rotatable bonds is 3. The first-order valence-electron chi connectivity index (χ1n) is 6.19. The van der Waals surface area contributed by atoms with E-state index in [4.69, 9.17) is 10.5 Å². The minimum absolute atomic E-state index is 0.651. The van der Waals surface area contributed by atoms with Gasteiger partial charge in [0.15, 0.2) is 0 Å². The highest BCUT2D eigenvalue weighted by Gasteiger charge is 2.09. The van der Waals surface area contributed by atoms with Crippen molar-refractivity contribution in [2.75, 3.05) is 12.8 Å². The van der Waals surface area contributed by atoms with Crippen LogP contribution in [-0.4, -0.2) is 22.1 Å². The van der Waals surface area contributed by atoms with E-state index in [0.29, 0.717) is 11.4 Å². The van der Waals surface area contributed by atoms with Crippen molar-refractivity contribution in [2.24, 2.45) is 0 Å². The number of nitrogen functional groups attached to an aromatic ring is 1. The predicted octanol–water partition coefficient (Wildman–Crippen LogP) is 2.53. The molecule has 0 saturated heterocycles. The van der Waals surface area contributed by atoms with E-state index in [9.17, 15) is 0 Å². The number of nitrogens with two attached hydrogens (primary N) is 1. The van der Waals surface area contributed by atoms with Gasteiger partial charge in [-0.3, -0.25) is 0 Å². The van der Waals surface area contributed by atoms with Crippen LogP contribution in [0.3, 0.4) is 0 Å². The lowest BCUT2D eigenvalue weighted by Gasteiger charge is -2.08. The second-order valence-electron chi connectivity index (χ2n) is 4.35. The lowest BCUT2D eigenvalue weighted by molar-refractivity contribution is 0.411. The van der Waals surface area contributed by atoms with E-state index >= 15 is 0 Å². The Kier molecular flexibility index (Phi) is 3.09. The number of anilines is 1. The van der Waals surface area contributed by atoms with Crippen LogP contribution < -0.4 is 10.5 Å². The minimum Gasteiger partial charge on any atom is -0.494 e. The van der Waals surface area contributed by atoms with Crippen LogP contribution in [0.15, 0.2) is 54.7 Å². The Morgan fingerprint density at radius 2 is 1.90 bits per heavy atom. The average molecular weight is 266 g/mol. The average Bonchev–Trinajstić information content (AvgIpc) is 2.98. The standard InChI is InChI=1S/C15H14N4O/c1-20-15-8-7-12(16)9-14(15)19-10-13(17-18-19)11-5-3-2-4-6-11/h2-10H,16H2,1H3. The fourth-order valence-corrected chi connectivity index (χ4v) is 2.01. The molecule has 1 aromatic heterocycles. The van der Waals surface area contributed by atoms with Gasteiger partial charge in [-0.05, 0) is 18.2 Å². The number of hydrogen-bond acceptors (Lipinski definition) is 4. The number of nitrogens with zero attached hydrogens (tertiary/aromatic N) is 3. The zero-order valence-corrected chi connectivity index (χ0v) is 11.0. The molecule has 0 unspecified atom stereocenters. The first kappa shape index (κ1) is 12.2. The number of methoxy groups -OCH3 is 1. The van der Waals surface area contributed by atoms with Crippen LogP contribution in [0.5, 0.6) is 5.75 Å². The lowest BCUT2D eigenvalue weighted by Crippen LogP contribution is -2.00. The van der Waals surface area contributed by atoms with Crippen molar-refractivity contribution in [1.29, 1.82) is 0 Å². The van der Waals surface area contributed by atoms with Crippen LogP contribution in [0.2, 0.25) is 0 Å². The Balaban J connectivity index is 2.04. The van der Waals surface area contributed by atoms with Crippen LogP contribution in [0, 0.1) is 0 Å². The second-order valence-corrected chi connectivity index (χ2v) is 4.35. The van der Waals surface area contributed by atoms with Gasteiger partial charge in [0.25, 0.3) is 0 Å². The van der Waals surface area contributed by atoms with Crippen LogP contribution in [0.25, 0.3) is 16.9 Å². The van der Waals surface area contributed by atoms with Crippen molar-refractivity contribution in [3.63, 3.8) is 0 Å². The highest BCUT2D eigenvalue weighted by molar-refractivity contribution is 5.60. The van der Waals surface area contributed by atoms with Gasteiger partial charge in [-0.2, -0.15) is 0 Å². The number of ether oxygens (including phenoxy) is 1. The van der Waals surface area contributed by atoms with Gasteiger partial charge in [0.05, 0.1) is 13.3 Å². The van der Waals surface area contributed by atoms with E-state index in [1.54, 1.807) is 17.9 Å². The molecular weight excluding hydrogens is 252 g/mol. The molecule has 20 heavy (non-hydrogen) atoms. The van der Waals surface area contributed by atoms with E-state index in [1.807, 2.05) is 48.7 Å². The number of benzene rings is 2. The van der Waals surface area contributed by atoms with Crippen LogP contribution in [-0.2, 0) is 0 Å². The Labute approximate surface area is 116 Å². The molecule has 0 saturated carbocycles. The molecule has 0 fully saturated rings. The van der Waals surface area contributed by atoms with E-state index in [0.717, 1.165) is 16.9 Å². The Hall–Kier alpha value is -2.82. The van der Waals surface area contributed by atoms with Gasteiger partial charge in [0.1, 0.15) is 17.1 Å². The van der Waals surface area contributed by atoms with Crippen molar-refractivity contribution >= 4 is 5.69 Å². The summed E-state index contributed by atoms with van der Waals surface area (Å²) in [6.07, 6.45) is 1.85. The summed E-state index contributed by atoms with van der Waals surface area (Å²) in [5, 5.41) is 8.33. The molecule has 2 N–H and O–H groups in total. The maximum Gasteiger partial charge on any atom is 0.144 e. The highest BCUT2D eigenvalue weighted by atomic mass is 16.5. The molecule has 0 bridgehead atoms. The van der Waals surface area contributed by atoms with E-state index in [-0.39, 0.29) is 0 Å². The van der Waals surface area contributed by atoms with Crippen LogP contribution in [0.4, 0.5) is 5.69 Å². The maximum absolute atomic E-state index is 5.82. The summed E-state index contributed by atoms with van der Waals surface area (Å²) in [5.74, 6) is 0.698. The fourth-order valence-electron chi connectivity index (χ4n) is 2.01. The van der Waals surface area contributed by atoms with Gasteiger partial charge in [0.2, 0.25) is 0 Å². The number of hydrogen-bond donors (Lipinski definition) is 1. The molecule has 3 rings (SSSR count). The molecule has 100 valence electrons. The van der Waals surface area contributed by atoms with E-state index in [1.165, 1.54) is 0 Å². The normalized spacial score (nSPS) is 10.4. The Morgan fingerprint density at radius 1 is 1.10 bits per heavy atom. The minimum atomic E-state index is 0.651. The third-order valence-electron chi connectivity index (χ3n) is 3.01. The van der Waals surface area contributed by atoms with Crippen molar-refractivity contribution < 1.29 is 4.74 Å². The van der Waals surface area contributed by atoms with Gasteiger partial charge < -0.3 is 10.5 Å². The molecule has 5 heteroatoms. The first-order valence-corrected chi connectivity index (χ1v) is 6.19. The summed E-state index contributed by atoms with van der Waals surface area (Å²) >= 11 is 0. The molecule has 0 aliphatic carbocycles. The molecule has 0 aliphatic rings. The van der Waals surface area contributed by atoms with Crippen molar-refractivity contribution in [3.05, 3.63) is 54.7 Å². The zero-order chi connectivity index (χ0) is 13.9. The summed E-state index contributed by atoms with van der Waals surface area (Å²) in [6.45, 7) is 0. The molecule has 0 aliphatic heterocycles. The summed E-state index contributed by atoms with van der Waals surface area (Å²) < 4.78 is 6.99. The summed E-state index contributed by atoms with van der Waals surface area (Å²) in [7, 11) is 1.62. The summed E-state index contributed by atoms with van der Waals surface area (Å²) in [4.78, 5) is 0. The number of aromatic nitrogens is 3. The molecule has 5 nitrogen and oxygen atoms in total. The molecular formula is C15H14N4O. The summed E-state index contributed by atoms with van der Waals surface area (Å²) in [6, 6.07) is 15.3. The lowest BCUT2D eigenvalue weighted by atomic mass is 10.2. The Morgan fingerprint density at radius 3 is 2.65 bits per heavy atom. The quantitative estimate of drug-likeness (QED) is 0.740. The van der Waals surface area contributed by atoms with Gasteiger partial charge >= 0.3 is 0 Å². The van der Waals surface area contributed by atoms with E-state index in [2.05, 4.69) is 10.3 Å². The zero-order valence-electron chi connectivity index (χ0n) is 11.0. The Bertz CT molecular complexity index is 722. The summed E-state index contributed by atoms with van der Waals surface area (Å²) in [5.41, 5.74) is 9.05. The fraction of sp³-hybridized carbons (Fsp3) is 0.0667. The smallest absolute Gasteiger partial charge is 0.144 e.